The van der Waals surface area contributed by atoms with Crippen LogP contribution in [0.25, 0.3) is 17.0 Å². The maximum atomic E-state index is 13.2. The number of nitrogens with one attached hydrogen (secondary N) is 3. The van der Waals surface area contributed by atoms with Crippen molar-refractivity contribution in [2.45, 2.75) is 37.8 Å². The van der Waals surface area contributed by atoms with Gasteiger partial charge in [0.2, 0.25) is 27.7 Å². The molecular formula is C25H27ClN6O5S2. The van der Waals surface area contributed by atoms with E-state index in [1.807, 2.05) is 6.07 Å². The van der Waals surface area contributed by atoms with Gasteiger partial charge in [-0.25, -0.2) is 8.42 Å². The third-order valence-corrected chi connectivity index (χ3v) is 9.06. The van der Waals surface area contributed by atoms with Gasteiger partial charge in [0, 0.05) is 34.4 Å². The van der Waals surface area contributed by atoms with Gasteiger partial charge in [0.05, 0.1) is 22.6 Å². The molecule has 206 valence electrons. The number of aromatic nitrogens is 2. The van der Waals surface area contributed by atoms with Gasteiger partial charge in [0.15, 0.2) is 0 Å². The Kier molecular flexibility index (Phi) is 8.03. The third-order valence-electron chi connectivity index (χ3n) is 6.75. The highest BCUT2D eigenvalue weighted by atomic mass is 35.5. The van der Waals surface area contributed by atoms with Crippen molar-refractivity contribution in [1.29, 1.82) is 0 Å². The molecule has 0 spiro atoms. The minimum Gasteiger partial charge on any atom is -0.332 e. The second-order valence-corrected chi connectivity index (χ2v) is 12.8. The monoisotopic (exact) mass is 590 g/mol. The lowest BCUT2D eigenvalue weighted by molar-refractivity contribution is -0.144. The molecule has 2 aromatic heterocycles. The smallest absolute Gasteiger partial charge is 0.247 e. The maximum absolute atomic E-state index is 13.2. The molecule has 4 heterocycles. The zero-order valence-corrected chi connectivity index (χ0v) is 23.2. The van der Waals surface area contributed by atoms with Gasteiger partial charge in [0.1, 0.15) is 12.1 Å². The highest BCUT2D eigenvalue weighted by Crippen LogP contribution is 2.24. The van der Waals surface area contributed by atoms with Crippen LogP contribution >= 0.6 is 22.9 Å². The van der Waals surface area contributed by atoms with Crippen LogP contribution in [0.2, 0.25) is 4.34 Å². The number of H-pyrrole nitrogens is 1. The van der Waals surface area contributed by atoms with Crippen LogP contribution in [-0.2, 0) is 24.4 Å². The van der Waals surface area contributed by atoms with Crippen molar-refractivity contribution in [3.05, 3.63) is 51.2 Å². The Morgan fingerprint density at radius 1 is 1.18 bits per heavy atom. The van der Waals surface area contributed by atoms with E-state index in [9.17, 15) is 22.8 Å². The van der Waals surface area contributed by atoms with E-state index in [2.05, 4.69) is 20.2 Å². The topological polar surface area (TPSA) is 145 Å². The molecule has 0 saturated carbocycles. The Morgan fingerprint density at radius 3 is 2.79 bits per heavy atom. The van der Waals surface area contributed by atoms with Crippen LogP contribution in [0.4, 0.5) is 5.69 Å². The van der Waals surface area contributed by atoms with E-state index >= 15 is 0 Å². The summed E-state index contributed by atoms with van der Waals surface area (Å²) in [5, 5.41) is 11.6. The van der Waals surface area contributed by atoms with Gasteiger partial charge in [-0.2, -0.15) is 9.82 Å². The van der Waals surface area contributed by atoms with Gasteiger partial charge >= 0.3 is 0 Å². The number of carbonyl (C=O) groups excluding carboxylic acids is 3. The number of piperidine rings is 1. The molecule has 2 aliphatic heterocycles. The van der Waals surface area contributed by atoms with Gasteiger partial charge in [-0.15, -0.1) is 11.3 Å². The van der Waals surface area contributed by atoms with Gasteiger partial charge in [-0.3, -0.25) is 19.5 Å². The number of likely N-dealkylation sites (tertiary alicyclic amines) is 2. The molecule has 1 aromatic carbocycles. The lowest BCUT2D eigenvalue weighted by Gasteiger charge is -2.33. The number of anilines is 1. The van der Waals surface area contributed by atoms with Crippen LogP contribution in [0.5, 0.6) is 0 Å². The first-order valence-corrected chi connectivity index (χ1v) is 15.2. The number of hydrogen-bond acceptors (Lipinski definition) is 7. The first kappa shape index (κ1) is 27.3. The number of rotatable bonds is 8. The summed E-state index contributed by atoms with van der Waals surface area (Å²) in [6.07, 6.45) is 5.16. The molecular weight excluding hydrogens is 564 g/mol. The average Bonchev–Trinajstić information content (AvgIpc) is 3.65. The Balaban J connectivity index is 1.19. The molecule has 2 aliphatic rings. The fourth-order valence-electron chi connectivity index (χ4n) is 4.85. The van der Waals surface area contributed by atoms with Crippen molar-refractivity contribution < 1.29 is 22.8 Å². The quantitative estimate of drug-likeness (QED) is 0.368. The Bertz CT molecular complexity index is 1530. The Labute approximate surface area is 234 Å². The second-order valence-electron chi connectivity index (χ2n) is 9.47. The molecule has 2 atom stereocenters. The summed E-state index contributed by atoms with van der Waals surface area (Å²) in [6, 6.07) is 7.13. The highest BCUT2D eigenvalue weighted by molar-refractivity contribution is 7.92. The Hall–Kier alpha value is -3.26. The van der Waals surface area contributed by atoms with Crippen molar-refractivity contribution in [3.8, 4) is 0 Å². The minimum absolute atomic E-state index is 0.218. The molecule has 0 bridgehead atoms. The van der Waals surface area contributed by atoms with Crippen LogP contribution in [0.3, 0.4) is 0 Å². The lowest BCUT2D eigenvalue weighted by Crippen LogP contribution is -2.55. The minimum atomic E-state index is -3.90. The van der Waals surface area contributed by atoms with Crippen LogP contribution in [-0.4, -0.2) is 77.9 Å². The van der Waals surface area contributed by atoms with Crippen LogP contribution in [0.1, 0.15) is 30.6 Å². The fourth-order valence-corrected chi connectivity index (χ4v) is 6.92. The molecule has 0 radical (unpaired) electrons. The van der Waals surface area contributed by atoms with E-state index in [-0.39, 0.29) is 18.4 Å². The lowest BCUT2D eigenvalue weighted by atomic mass is 10.1. The summed E-state index contributed by atoms with van der Waals surface area (Å²) < 4.78 is 28.1. The van der Waals surface area contributed by atoms with Crippen LogP contribution in [0, 0.1) is 0 Å². The summed E-state index contributed by atoms with van der Waals surface area (Å²) in [5.41, 5.74) is 1.38. The molecule has 5 rings (SSSR count). The first-order valence-electron chi connectivity index (χ1n) is 12.5. The number of aromatic amines is 1. The van der Waals surface area contributed by atoms with Crippen LogP contribution in [0.15, 0.2) is 41.9 Å². The number of thiophene rings is 1. The van der Waals surface area contributed by atoms with E-state index in [1.165, 1.54) is 27.2 Å². The zero-order chi connectivity index (χ0) is 27.6. The second kappa shape index (κ2) is 11.5. The summed E-state index contributed by atoms with van der Waals surface area (Å²) in [6.45, 7) is 0.526. The zero-order valence-electron chi connectivity index (χ0n) is 20.8. The summed E-state index contributed by atoms with van der Waals surface area (Å²) in [5.74, 6) is -1.10. The van der Waals surface area contributed by atoms with E-state index in [0.717, 1.165) is 16.3 Å². The van der Waals surface area contributed by atoms with E-state index in [0.29, 0.717) is 53.7 Å². The van der Waals surface area contributed by atoms with E-state index in [1.54, 1.807) is 30.5 Å². The van der Waals surface area contributed by atoms with Crippen molar-refractivity contribution in [2.24, 2.45) is 0 Å². The number of sulfonamides is 1. The van der Waals surface area contributed by atoms with Crippen molar-refractivity contribution in [2.75, 3.05) is 25.0 Å². The number of benzene rings is 1. The largest absolute Gasteiger partial charge is 0.332 e. The number of halogens is 1. The predicted molar refractivity (Wildman–Crippen MR) is 149 cm³/mol. The predicted octanol–water partition coefficient (Wildman–Crippen LogP) is 2.79. The Morgan fingerprint density at radius 2 is 2.00 bits per heavy atom. The number of amides is 3. The molecule has 2 fully saturated rings. The standard InChI is InChI=1S/C25H27ClN6O5S2/c26-22-8-7-18(38-22)9-12-39(36,37)30-19-3-1-10-31(25(19)35)15-23(33)32-11-2-4-21(32)24(34)28-17-6-5-16-14-27-29-20(16)13-17/h5-9,12-14,19,21,30H,1-4,10-11,15H2,(H,27,29)(H,28,34)/b12-9+. The third kappa shape index (κ3) is 6.49. The number of hydrogen-bond donors (Lipinski definition) is 3. The number of carbonyl (C=O) groups is 3. The molecule has 0 aliphatic carbocycles. The van der Waals surface area contributed by atoms with E-state index in [4.69, 9.17) is 11.6 Å². The van der Waals surface area contributed by atoms with Gasteiger partial charge in [0.25, 0.3) is 0 Å². The first-order chi connectivity index (χ1) is 18.7. The van der Waals surface area contributed by atoms with Gasteiger partial charge in [-0.05, 0) is 62.1 Å². The average molecular weight is 591 g/mol. The molecule has 14 heteroatoms. The fraction of sp³-hybridized carbons (Fsp3) is 0.360. The van der Waals surface area contributed by atoms with Crippen molar-refractivity contribution in [3.63, 3.8) is 0 Å². The molecule has 2 unspecified atom stereocenters. The molecule has 2 saturated heterocycles. The number of fused-ring (bicyclic) bond motifs is 1. The van der Waals surface area contributed by atoms with Crippen molar-refractivity contribution >= 4 is 73.3 Å². The molecule has 3 aromatic rings. The van der Waals surface area contributed by atoms with Gasteiger partial charge in [-0.1, -0.05) is 11.6 Å². The molecule has 39 heavy (non-hydrogen) atoms. The van der Waals surface area contributed by atoms with Crippen molar-refractivity contribution in [1.82, 2.24) is 24.7 Å². The van der Waals surface area contributed by atoms with E-state index < -0.39 is 28.0 Å². The van der Waals surface area contributed by atoms with Gasteiger partial charge < -0.3 is 15.1 Å². The summed E-state index contributed by atoms with van der Waals surface area (Å²) in [4.78, 5) is 42.8. The summed E-state index contributed by atoms with van der Waals surface area (Å²) in [7, 11) is -3.90. The normalized spacial score (nSPS) is 20.3. The maximum Gasteiger partial charge on any atom is 0.247 e. The molecule has 11 nitrogen and oxygen atoms in total. The highest BCUT2D eigenvalue weighted by Gasteiger charge is 2.37. The number of nitrogens with zero attached hydrogens (tertiary/aromatic N) is 3. The molecule has 3 amide bonds. The SMILES string of the molecule is O=C(Nc1ccc2cn[nH]c2c1)C1CCCN1C(=O)CN1CCCC(NS(=O)(=O)/C=C/c2ccc(Cl)s2)C1=O. The summed E-state index contributed by atoms with van der Waals surface area (Å²) >= 11 is 7.11. The molecule has 3 N–H and O–H groups in total. The van der Waals surface area contributed by atoms with Crippen LogP contribution < -0.4 is 10.0 Å².